The number of benzene rings is 1. The van der Waals surface area contributed by atoms with E-state index in [0.29, 0.717) is 16.9 Å². The van der Waals surface area contributed by atoms with E-state index in [9.17, 15) is 0 Å². The molecule has 3 atom stereocenters. The van der Waals surface area contributed by atoms with Gasteiger partial charge in [-0.05, 0) is 30.4 Å². The standard InChI is InChI=1S/C16H24N2OS/c1-10-5-4-6-14(11(10)2)18-15-9-12(19-3)7-8-13(15)16(17)20/h7-11,14,18H,4-6H2,1-3H3,(H2,17,20). The normalized spacial score (nSPS) is 26.1. The molecule has 110 valence electrons. The Kier molecular flexibility index (Phi) is 4.86. The van der Waals surface area contributed by atoms with Crippen molar-refractivity contribution in [2.45, 2.75) is 39.2 Å². The van der Waals surface area contributed by atoms with E-state index in [0.717, 1.165) is 22.9 Å². The number of thiocarbonyl (C=S) groups is 1. The molecule has 1 fully saturated rings. The van der Waals surface area contributed by atoms with Crippen LogP contribution in [-0.4, -0.2) is 18.1 Å². The first-order chi connectivity index (χ1) is 9.52. The fourth-order valence-electron chi connectivity index (χ4n) is 2.97. The summed E-state index contributed by atoms with van der Waals surface area (Å²) in [6, 6.07) is 6.28. The van der Waals surface area contributed by atoms with Crippen molar-refractivity contribution in [1.82, 2.24) is 0 Å². The number of ether oxygens (including phenoxy) is 1. The molecule has 3 nitrogen and oxygen atoms in total. The van der Waals surface area contributed by atoms with E-state index >= 15 is 0 Å². The van der Waals surface area contributed by atoms with Crippen LogP contribution in [0.25, 0.3) is 0 Å². The Hall–Kier alpha value is -1.29. The fourth-order valence-corrected chi connectivity index (χ4v) is 3.15. The lowest BCUT2D eigenvalue weighted by Gasteiger charge is -2.35. The average Bonchev–Trinajstić information content (AvgIpc) is 2.43. The first-order valence-electron chi connectivity index (χ1n) is 7.27. The highest BCUT2D eigenvalue weighted by Gasteiger charge is 2.27. The summed E-state index contributed by atoms with van der Waals surface area (Å²) in [4.78, 5) is 0.423. The van der Waals surface area contributed by atoms with Gasteiger partial charge >= 0.3 is 0 Å². The molecule has 3 N–H and O–H groups in total. The van der Waals surface area contributed by atoms with Crippen LogP contribution < -0.4 is 15.8 Å². The maximum absolute atomic E-state index is 5.82. The summed E-state index contributed by atoms with van der Waals surface area (Å²) in [5.74, 6) is 2.22. The zero-order chi connectivity index (χ0) is 14.7. The van der Waals surface area contributed by atoms with Crippen LogP contribution in [-0.2, 0) is 0 Å². The van der Waals surface area contributed by atoms with Crippen LogP contribution in [0, 0.1) is 11.8 Å². The van der Waals surface area contributed by atoms with E-state index in [4.69, 9.17) is 22.7 Å². The van der Waals surface area contributed by atoms with Gasteiger partial charge in [-0.25, -0.2) is 0 Å². The smallest absolute Gasteiger partial charge is 0.120 e. The van der Waals surface area contributed by atoms with Crippen molar-refractivity contribution in [3.05, 3.63) is 23.8 Å². The third-order valence-corrected chi connectivity index (χ3v) is 4.76. The van der Waals surface area contributed by atoms with Crippen molar-refractivity contribution in [1.29, 1.82) is 0 Å². The molecule has 0 heterocycles. The predicted molar refractivity (Wildman–Crippen MR) is 88.5 cm³/mol. The number of nitrogens with two attached hydrogens (primary N) is 1. The summed E-state index contributed by atoms with van der Waals surface area (Å²) in [6.07, 6.45) is 3.79. The van der Waals surface area contributed by atoms with Crippen LogP contribution in [0.2, 0.25) is 0 Å². The third-order valence-electron chi connectivity index (χ3n) is 4.54. The zero-order valence-corrected chi connectivity index (χ0v) is 13.3. The van der Waals surface area contributed by atoms with Gasteiger partial charge in [0.25, 0.3) is 0 Å². The molecule has 0 aromatic heterocycles. The Morgan fingerprint density at radius 2 is 2.10 bits per heavy atom. The highest BCUT2D eigenvalue weighted by Crippen LogP contribution is 2.33. The molecule has 0 radical (unpaired) electrons. The maximum Gasteiger partial charge on any atom is 0.120 e. The Morgan fingerprint density at radius 1 is 1.35 bits per heavy atom. The van der Waals surface area contributed by atoms with Crippen molar-refractivity contribution >= 4 is 22.9 Å². The molecule has 0 saturated heterocycles. The maximum atomic E-state index is 5.82. The molecular weight excluding hydrogens is 268 g/mol. The molecule has 0 bridgehead atoms. The van der Waals surface area contributed by atoms with Gasteiger partial charge in [0.2, 0.25) is 0 Å². The van der Waals surface area contributed by atoms with Crippen LogP contribution >= 0.6 is 12.2 Å². The van der Waals surface area contributed by atoms with Crippen molar-refractivity contribution in [3.63, 3.8) is 0 Å². The van der Waals surface area contributed by atoms with E-state index in [-0.39, 0.29) is 0 Å². The van der Waals surface area contributed by atoms with Gasteiger partial charge < -0.3 is 15.8 Å². The summed E-state index contributed by atoms with van der Waals surface area (Å²) < 4.78 is 5.30. The molecule has 1 aliphatic carbocycles. The quantitative estimate of drug-likeness (QED) is 0.833. The number of hydrogen-bond acceptors (Lipinski definition) is 3. The Morgan fingerprint density at radius 3 is 2.75 bits per heavy atom. The minimum atomic E-state index is 0.423. The molecule has 1 saturated carbocycles. The minimum Gasteiger partial charge on any atom is -0.497 e. The molecule has 1 aromatic rings. The predicted octanol–water partition coefficient (Wildman–Crippen LogP) is 3.57. The van der Waals surface area contributed by atoms with E-state index in [1.807, 2.05) is 18.2 Å². The molecule has 2 rings (SSSR count). The molecule has 4 heteroatoms. The molecule has 1 aliphatic rings. The van der Waals surface area contributed by atoms with Crippen LogP contribution in [0.15, 0.2) is 18.2 Å². The van der Waals surface area contributed by atoms with Gasteiger partial charge in [-0.2, -0.15) is 0 Å². The summed E-state index contributed by atoms with van der Waals surface area (Å²) in [6.45, 7) is 4.65. The number of rotatable bonds is 4. The van der Waals surface area contributed by atoms with Crippen LogP contribution in [0.3, 0.4) is 0 Å². The molecule has 3 unspecified atom stereocenters. The van der Waals surface area contributed by atoms with Crippen LogP contribution in [0.4, 0.5) is 5.69 Å². The summed E-state index contributed by atoms with van der Waals surface area (Å²) in [5.41, 5.74) is 7.71. The number of nitrogens with one attached hydrogen (secondary N) is 1. The van der Waals surface area contributed by atoms with E-state index in [1.54, 1.807) is 7.11 Å². The number of anilines is 1. The van der Waals surface area contributed by atoms with Gasteiger partial charge in [-0.1, -0.05) is 38.9 Å². The van der Waals surface area contributed by atoms with Crippen molar-refractivity contribution in [2.75, 3.05) is 12.4 Å². The van der Waals surface area contributed by atoms with E-state index in [2.05, 4.69) is 19.2 Å². The van der Waals surface area contributed by atoms with Gasteiger partial charge in [0.1, 0.15) is 10.7 Å². The van der Waals surface area contributed by atoms with Gasteiger partial charge in [-0.3, -0.25) is 0 Å². The Labute approximate surface area is 126 Å². The van der Waals surface area contributed by atoms with Crippen LogP contribution in [0.5, 0.6) is 5.75 Å². The summed E-state index contributed by atoms with van der Waals surface area (Å²) >= 11 is 5.15. The van der Waals surface area contributed by atoms with Gasteiger partial charge in [0.05, 0.1) is 7.11 Å². The lowest BCUT2D eigenvalue weighted by Crippen LogP contribution is -2.35. The third kappa shape index (κ3) is 3.23. The lowest BCUT2D eigenvalue weighted by atomic mass is 9.78. The molecule has 20 heavy (non-hydrogen) atoms. The molecule has 0 amide bonds. The second kappa shape index (κ2) is 6.44. The SMILES string of the molecule is COc1ccc(C(N)=S)c(NC2CCCC(C)C2C)c1. The Balaban J connectivity index is 2.24. The van der Waals surface area contributed by atoms with E-state index < -0.39 is 0 Å². The second-order valence-corrected chi connectivity index (χ2v) is 6.23. The lowest BCUT2D eigenvalue weighted by molar-refractivity contribution is 0.253. The number of hydrogen-bond donors (Lipinski definition) is 2. The van der Waals surface area contributed by atoms with Crippen molar-refractivity contribution < 1.29 is 4.74 Å². The van der Waals surface area contributed by atoms with Gasteiger partial charge in [0, 0.05) is 23.4 Å². The minimum absolute atomic E-state index is 0.423. The number of methoxy groups -OCH3 is 1. The van der Waals surface area contributed by atoms with Gasteiger partial charge in [-0.15, -0.1) is 0 Å². The first-order valence-corrected chi connectivity index (χ1v) is 7.68. The van der Waals surface area contributed by atoms with Crippen molar-refractivity contribution in [3.8, 4) is 5.75 Å². The highest BCUT2D eigenvalue weighted by atomic mass is 32.1. The molecule has 1 aromatic carbocycles. The second-order valence-electron chi connectivity index (χ2n) is 5.79. The average molecular weight is 292 g/mol. The van der Waals surface area contributed by atoms with E-state index in [1.165, 1.54) is 19.3 Å². The van der Waals surface area contributed by atoms with Crippen molar-refractivity contribution in [2.24, 2.45) is 17.6 Å². The Bertz CT molecular complexity index is 489. The topological polar surface area (TPSA) is 47.3 Å². The van der Waals surface area contributed by atoms with Crippen LogP contribution in [0.1, 0.15) is 38.7 Å². The summed E-state index contributed by atoms with van der Waals surface area (Å²) in [7, 11) is 1.67. The van der Waals surface area contributed by atoms with Gasteiger partial charge in [0.15, 0.2) is 0 Å². The first kappa shape index (κ1) is 15.1. The summed E-state index contributed by atoms with van der Waals surface area (Å²) in [5, 5.41) is 3.64. The highest BCUT2D eigenvalue weighted by molar-refractivity contribution is 7.80. The molecule has 0 aliphatic heterocycles. The zero-order valence-electron chi connectivity index (χ0n) is 12.5. The largest absolute Gasteiger partial charge is 0.497 e. The fraction of sp³-hybridized carbons (Fsp3) is 0.562. The molecular formula is C16H24N2OS. The monoisotopic (exact) mass is 292 g/mol. The molecule has 0 spiro atoms.